The van der Waals surface area contributed by atoms with Crippen LogP contribution in [-0.4, -0.2) is 44.2 Å². The molecule has 1 N–H and O–H groups in total. The third-order valence-electron chi connectivity index (χ3n) is 5.39. The molecule has 2 aromatic heterocycles. The maximum absolute atomic E-state index is 12.5. The highest BCUT2D eigenvalue weighted by Gasteiger charge is 2.46. The Morgan fingerprint density at radius 1 is 1.29 bits per heavy atom. The minimum atomic E-state index is -0.0313. The van der Waals surface area contributed by atoms with Crippen molar-refractivity contribution in [2.45, 2.75) is 37.3 Å². The predicted molar refractivity (Wildman–Crippen MR) is 90.2 cm³/mol. The standard InChI is InChI=1S/C18H23N5O/c1-22-12-14(11-20-22)13-23-8-4-18(5-9-23)10-16(17(24)21-18)15-2-6-19-7-3-15/h2-3,6-7,11-12,16H,4-5,8-10,13H2,1H3,(H,21,24)/t16-/m1/s1. The Balaban J connectivity index is 1.39. The first-order valence-electron chi connectivity index (χ1n) is 8.55. The Kier molecular flexibility index (Phi) is 3.84. The van der Waals surface area contributed by atoms with E-state index in [1.165, 1.54) is 5.56 Å². The van der Waals surface area contributed by atoms with E-state index in [-0.39, 0.29) is 17.4 Å². The molecule has 2 aliphatic rings. The van der Waals surface area contributed by atoms with E-state index in [2.05, 4.69) is 26.5 Å². The number of carbonyl (C=O) groups is 1. The maximum Gasteiger partial charge on any atom is 0.228 e. The molecule has 0 aromatic carbocycles. The lowest BCUT2D eigenvalue weighted by molar-refractivity contribution is -0.121. The van der Waals surface area contributed by atoms with Crippen molar-refractivity contribution in [3.63, 3.8) is 0 Å². The van der Waals surface area contributed by atoms with Gasteiger partial charge in [0.1, 0.15) is 0 Å². The van der Waals surface area contributed by atoms with Crippen LogP contribution in [-0.2, 0) is 18.4 Å². The van der Waals surface area contributed by atoms with E-state index in [9.17, 15) is 4.79 Å². The first kappa shape index (κ1) is 15.3. The number of rotatable bonds is 3. The average molecular weight is 325 g/mol. The Hall–Kier alpha value is -2.21. The molecule has 0 aliphatic carbocycles. The zero-order valence-electron chi connectivity index (χ0n) is 14.0. The molecule has 6 heteroatoms. The van der Waals surface area contributed by atoms with Crippen LogP contribution in [0.3, 0.4) is 0 Å². The van der Waals surface area contributed by atoms with Crippen molar-refractivity contribution in [2.75, 3.05) is 13.1 Å². The number of nitrogens with one attached hydrogen (secondary N) is 1. The van der Waals surface area contributed by atoms with Crippen molar-refractivity contribution in [3.8, 4) is 0 Å². The summed E-state index contributed by atoms with van der Waals surface area (Å²) in [5, 5.41) is 7.54. The van der Waals surface area contributed by atoms with E-state index < -0.39 is 0 Å². The quantitative estimate of drug-likeness (QED) is 0.928. The fourth-order valence-corrected chi connectivity index (χ4v) is 4.03. The first-order valence-corrected chi connectivity index (χ1v) is 8.55. The average Bonchev–Trinajstić information content (AvgIpc) is 3.14. The number of piperidine rings is 1. The van der Waals surface area contributed by atoms with Crippen molar-refractivity contribution in [2.24, 2.45) is 7.05 Å². The number of aryl methyl sites for hydroxylation is 1. The second-order valence-corrected chi connectivity index (χ2v) is 7.11. The largest absolute Gasteiger partial charge is 0.350 e. The van der Waals surface area contributed by atoms with Crippen molar-refractivity contribution in [1.82, 2.24) is 25.0 Å². The van der Waals surface area contributed by atoms with Crippen molar-refractivity contribution >= 4 is 5.91 Å². The molecule has 126 valence electrons. The fourth-order valence-electron chi connectivity index (χ4n) is 4.03. The van der Waals surface area contributed by atoms with Crippen LogP contribution in [0.15, 0.2) is 36.9 Å². The Morgan fingerprint density at radius 2 is 2.04 bits per heavy atom. The van der Waals surface area contributed by atoms with E-state index in [0.29, 0.717) is 0 Å². The zero-order chi connectivity index (χ0) is 16.6. The number of amides is 1. The second-order valence-electron chi connectivity index (χ2n) is 7.11. The number of hydrogen-bond acceptors (Lipinski definition) is 4. The Labute approximate surface area is 141 Å². The summed E-state index contributed by atoms with van der Waals surface area (Å²) in [6.45, 7) is 2.96. The molecule has 0 radical (unpaired) electrons. The summed E-state index contributed by atoms with van der Waals surface area (Å²) in [5.74, 6) is 0.139. The van der Waals surface area contributed by atoms with E-state index in [0.717, 1.165) is 44.5 Å². The molecule has 0 saturated carbocycles. The van der Waals surface area contributed by atoms with Gasteiger partial charge in [0.05, 0.1) is 12.1 Å². The summed E-state index contributed by atoms with van der Waals surface area (Å²) in [5.41, 5.74) is 2.30. The van der Waals surface area contributed by atoms with Gasteiger partial charge in [0.2, 0.25) is 5.91 Å². The van der Waals surface area contributed by atoms with Gasteiger partial charge in [-0.3, -0.25) is 19.4 Å². The monoisotopic (exact) mass is 325 g/mol. The highest BCUT2D eigenvalue weighted by molar-refractivity contribution is 5.87. The maximum atomic E-state index is 12.5. The van der Waals surface area contributed by atoms with E-state index >= 15 is 0 Å². The molecule has 0 unspecified atom stereocenters. The molecule has 2 saturated heterocycles. The van der Waals surface area contributed by atoms with Gasteiger partial charge in [0.25, 0.3) is 0 Å². The minimum Gasteiger partial charge on any atom is -0.350 e. The van der Waals surface area contributed by atoms with Crippen LogP contribution < -0.4 is 5.32 Å². The van der Waals surface area contributed by atoms with Gasteiger partial charge < -0.3 is 5.32 Å². The zero-order valence-corrected chi connectivity index (χ0v) is 14.0. The van der Waals surface area contributed by atoms with Gasteiger partial charge in [0, 0.05) is 56.4 Å². The van der Waals surface area contributed by atoms with Crippen LogP contribution in [0.2, 0.25) is 0 Å². The SMILES string of the molecule is Cn1cc(CN2CCC3(CC2)C[C@H](c2ccncc2)C(=O)N3)cn1. The Morgan fingerprint density at radius 3 is 2.71 bits per heavy atom. The number of aromatic nitrogens is 3. The van der Waals surface area contributed by atoms with Crippen LogP contribution in [0.4, 0.5) is 0 Å². The van der Waals surface area contributed by atoms with Crippen LogP contribution in [0, 0.1) is 0 Å². The minimum absolute atomic E-state index is 0.0297. The summed E-state index contributed by atoms with van der Waals surface area (Å²) in [6, 6.07) is 3.92. The molecule has 2 fully saturated rings. The van der Waals surface area contributed by atoms with Crippen molar-refractivity contribution in [1.29, 1.82) is 0 Å². The van der Waals surface area contributed by atoms with Gasteiger partial charge in [-0.1, -0.05) is 0 Å². The summed E-state index contributed by atoms with van der Waals surface area (Å²) >= 11 is 0. The lowest BCUT2D eigenvalue weighted by atomic mass is 9.82. The summed E-state index contributed by atoms with van der Waals surface area (Å²) < 4.78 is 1.84. The first-order chi connectivity index (χ1) is 11.6. The van der Waals surface area contributed by atoms with E-state index in [4.69, 9.17) is 0 Å². The van der Waals surface area contributed by atoms with Gasteiger partial charge in [-0.05, 0) is 37.0 Å². The molecular weight excluding hydrogens is 302 g/mol. The molecule has 4 rings (SSSR count). The van der Waals surface area contributed by atoms with Crippen LogP contribution in [0.25, 0.3) is 0 Å². The highest BCUT2D eigenvalue weighted by Crippen LogP contribution is 2.39. The fraction of sp³-hybridized carbons (Fsp3) is 0.500. The smallest absolute Gasteiger partial charge is 0.228 e. The van der Waals surface area contributed by atoms with Crippen molar-refractivity contribution < 1.29 is 4.79 Å². The Bertz CT molecular complexity index is 718. The highest BCUT2D eigenvalue weighted by atomic mass is 16.2. The molecule has 24 heavy (non-hydrogen) atoms. The van der Waals surface area contributed by atoms with Gasteiger partial charge in [-0.25, -0.2) is 0 Å². The topological polar surface area (TPSA) is 63.1 Å². The molecule has 0 bridgehead atoms. The second kappa shape index (κ2) is 6.02. The van der Waals surface area contributed by atoms with Crippen LogP contribution in [0.1, 0.15) is 36.3 Å². The summed E-state index contributed by atoms with van der Waals surface area (Å²) in [4.78, 5) is 19.0. The molecule has 1 spiro atoms. The predicted octanol–water partition coefficient (Wildman–Crippen LogP) is 1.45. The third kappa shape index (κ3) is 2.94. The number of pyridine rings is 1. The molecule has 1 amide bonds. The van der Waals surface area contributed by atoms with Crippen LogP contribution >= 0.6 is 0 Å². The number of hydrogen-bond donors (Lipinski definition) is 1. The van der Waals surface area contributed by atoms with Gasteiger partial charge in [0.15, 0.2) is 0 Å². The summed E-state index contributed by atoms with van der Waals surface area (Å²) in [6.07, 6.45) is 10.5. The molecular formula is C18H23N5O. The molecule has 2 aromatic rings. The molecule has 1 atom stereocenters. The third-order valence-corrected chi connectivity index (χ3v) is 5.39. The normalized spacial score (nSPS) is 23.5. The van der Waals surface area contributed by atoms with Gasteiger partial charge in [-0.2, -0.15) is 5.10 Å². The van der Waals surface area contributed by atoms with Gasteiger partial charge in [-0.15, -0.1) is 0 Å². The number of likely N-dealkylation sites (tertiary alicyclic amines) is 1. The lowest BCUT2D eigenvalue weighted by Crippen LogP contribution is -2.50. The van der Waals surface area contributed by atoms with Gasteiger partial charge >= 0.3 is 0 Å². The number of nitrogens with zero attached hydrogens (tertiary/aromatic N) is 4. The lowest BCUT2D eigenvalue weighted by Gasteiger charge is -2.39. The van der Waals surface area contributed by atoms with E-state index in [1.807, 2.05) is 30.1 Å². The van der Waals surface area contributed by atoms with E-state index in [1.54, 1.807) is 12.4 Å². The van der Waals surface area contributed by atoms with Crippen LogP contribution in [0.5, 0.6) is 0 Å². The van der Waals surface area contributed by atoms with Crippen molar-refractivity contribution in [3.05, 3.63) is 48.0 Å². The summed E-state index contributed by atoms with van der Waals surface area (Å²) in [7, 11) is 1.95. The molecule has 4 heterocycles. The number of carbonyl (C=O) groups excluding carboxylic acids is 1. The molecule has 2 aliphatic heterocycles. The molecule has 6 nitrogen and oxygen atoms in total.